The lowest BCUT2D eigenvalue weighted by molar-refractivity contribution is -0.124. The number of amides is 1. The molecule has 1 aromatic rings. The van der Waals surface area contributed by atoms with E-state index in [2.05, 4.69) is 10.3 Å². The highest BCUT2D eigenvalue weighted by molar-refractivity contribution is 7.89. The predicted octanol–water partition coefficient (Wildman–Crippen LogP) is 1.79. The van der Waals surface area contributed by atoms with E-state index in [1.54, 1.807) is 6.92 Å². The van der Waals surface area contributed by atoms with Crippen LogP contribution in [0.15, 0.2) is 17.2 Å². The Labute approximate surface area is 143 Å². The van der Waals surface area contributed by atoms with Gasteiger partial charge in [0.25, 0.3) is 0 Å². The number of nitrogens with one attached hydrogen (secondary N) is 1. The van der Waals surface area contributed by atoms with Crippen molar-refractivity contribution in [1.82, 2.24) is 9.29 Å². The fraction of sp³-hybridized carbons (Fsp3) is 0.625. The van der Waals surface area contributed by atoms with Gasteiger partial charge in [0, 0.05) is 30.8 Å². The summed E-state index contributed by atoms with van der Waals surface area (Å²) < 4.78 is 32.3. The first-order valence-corrected chi connectivity index (χ1v) is 9.48. The van der Waals surface area contributed by atoms with Crippen LogP contribution in [-0.4, -0.2) is 49.9 Å². The Hall–Kier alpha value is -1.51. The van der Waals surface area contributed by atoms with Gasteiger partial charge in [0.15, 0.2) is 0 Å². The van der Waals surface area contributed by atoms with Gasteiger partial charge >= 0.3 is 0 Å². The van der Waals surface area contributed by atoms with E-state index in [0.29, 0.717) is 38.3 Å². The van der Waals surface area contributed by atoms with E-state index < -0.39 is 15.4 Å². The first kappa shape index (κ1) is 18.8. The third-order valence-corrected chi connectivity index (χ3v) is 6.42. The molecule has 7 nitrogen and oxygen atoms in total. The molecule has 0 spiro atoms. The number of nitrogens with zero attached hydrogens (tertiary/aromatic N) is 2. The Kier molecular flexibility index (Phi) is 5.62. The first-order chi connectivity index (χ1) is 11.2. The van der Waals surface area contributed by atoms with E-state index in [0.717, 1.165) is 0 Å². The molecule has 0 aliphatic carbocycles. The molecule has 0 atom stereocenters. The molecule has 1 N–H and O–H groups in total. The molecular weight excluding hydrogens is 330 g/mol. The second-order valence-corrected chi connectivity index (χ2v) is 8.45. The average Bonchev–Trinajstić information content (AvgIpc) is 2.57. The van der Waals surface area contributed by atoms with Gasteiger partial charge < -0.3 is 10.1 Å². The normalized spacial score (nSPS) is 16.8. The maximum Gasteiger partial charge on any atom is 0.243 e. The molecule has 0 unspecified atom stereocenters. The van der Waals surface area contributed by atoms with E-state index in [9.17, 15) is 13.2 Å². The lowest BCUT2D eigenvalue weighted by Gasteiger charge is -2.27. The van der Waals surface area contributed by atoms with Crippen molar-refractivity contribution >= 4 is 21.7 Å². The third-order valence-electron chi connectivity index (χ3n) is 4.38. The Bertz CT molecular complexity index is 710. The van der Waals surface area contributed by atoms with Crippen molar-refractivity contribution in [1.29, 1.82) is 0 Å². The Morgan fingerprint density at radius 2 is 2.00 bits per heavy atom. The summed E-state index contributed by atoms with van der Waals surface area (Å²) in [6.07, 6.45) is 2.14. The number of hydrogen-bond acceptors (Lipinski definition) is 5. The van der Waals surface area contributed by atoms with E-state index in [1.165, 1.54) is 16.6 Å². The van der Waals surface area contributed by atoms with Gasteiger partial charge in [0.05, 0.1) is 18.1 Å². The molecule has 8 heteroatoms. The summed E-state index contributed by atoms with van der Waals surface area (Å²) in [5.41, 5.74) is 0.00440. The van der Waals surface area contributed by atoms with Crippen LogP contribution in [-0.2, 0) is 19.6 Å². The topological polar surface area (TPSA) is 88.6 Å². The SMILES string of the molecule is CCC(C)(C)C(=O)Nc1cc(S(=O)(=O)N2CCOCC2)c(C)cn1. The fourth-order valence-electron chi connectivity index (χ4n) is 2.22. The van der Waals surface area contributed by atoms with Gasteiger partial charge in [-0.05, 0) is 18.9 Å². The number of sulfonamides is 1. The van der Waals surface area contributed by atoms with Crippen LogP contribution in [0.4, 0.5) is 5.82 Å². The van der Waals surface area contributed by atoms with Crippen LogP contribution in [0.5, 0.6) is 0 Å². The van der Waals surface area contributed by atoms with Gasteiger partial charge in [-0.2, -0.15) is 4.31 Å². The number of hydrogen-bond donors (Lipinski definition) is 1. The molecule has 1 fully saturated rings. The maximum absolute atomic E-state index is 12.8. The number of aryl methyl sites for hydroxylation is 1. The minimum Gasteiger partial charge on any atom is -0.379 e. The van der Waals surface area contributed by atoms with Crippen molar-refractivity contribution in [3.8, 4) is 0 Å². The van der Waals surface area contributed by atoms with Crippen LogP contribution >= 0.6 is 0 Å². The summed E-state index contributed by atoms with van der Waals surface area (Å²) >= 11 is 0. The second-order valence-electron chi connectivity index (χ2n) is 6.54. The van der Waals surface area contributed by atoms with Gasteiger partial charge in [-0.3, -0.25) is 4.79 Å². The Morgan fingerprint density at radius 3 is 2.58 bits per heavy atom. The summed E-state index contributed by atoms with van der Waals surface area (Å²) in [7, 11) is -3.63. The van der Waals surface area contributed by atoms with E-state index in [4.69, 9.17) is 4.74 Å². The third kappa shape index (κ3) is 3.93. The molecule has 134 valence electrons. The fourth-order valence-corrected chi connectivity index (χ4v) is 3.85. The van der Waals surface area contributed by atoms with E-state index >= 15 is 0 Å². The molecule has 1 amide bonds. The second kappa shape index (κ2) is 7.16. The molecule has 2 heterocycles. The lowest BCUT2D eigenvalue weighted by Crippen LogP contribution is -2.40. The zero-order chi connectivity index (χ0) is 18.0. The Morgan fingerprint density at radius 1 is 1.38 bits per heavy atom. The van der Waals surface area contributed by atoms with Gasteiger partial charge in [-0.1, -0.05) is 20.8 Å². The molecule has 0 radical (unpaired) electrons. The maximum atomic E-state index is 12.8. The molecule has 0 saturated carbocycles. The van der Waals surface area contributed by atoms with Crippen molar-refractivity contribution < 1.29 is 17.9 Å². The predicted molar refractivity (Wildman–Crippen MR) is 91.3 cm³/mol. The molecule has 1 saturated heterocycles. The largest absolute Gasteiger partial charge is 0.379 e. The molecular formula is C16H25N3O4S. The molecule has 1 aromatic heterocycles. The number of carbonyl (C=O) groups is 1. The number of rotatable bonds is 5. The van der Waals surface area contributed by atoms with Gasteiger partial charge in [-0.15, -0.1) is 0 Å². The van der Waals surface area contributed by atoms with Crippen LogP contribution in [0, 0.1) is 12.3 Å². The molecule has 0 bridgehead atoms. The molecule has 1 aliphatic rings. The standard InChI is InChI=1S/C16H25N3O4S/c1-5-16(3,4)15(20)18-14-10-13(12(2)11-17-14)24(21,22)19-6-8-23-9-7-19/h10-11H,5-9H2,1-4H3,(H,17,18,20). The highest BCUT2D eigenvalue weighted by Crippen LogP contribution is 2.25. The molecule has 2 rings (SSSR count). The number of ether oxygens (including phenoxy) is 1. The zero-order valence-corrected chi connectivity index (χ0v) is 15.4. The van der Waals surface area contributed by atoms with Crippen molar-refractivity contribution in [2.75, 3.05) is 31.6 Å². The minimum atomic E-state index is -3.63. The molecule has 0 aromatic carbocycles. The van der Waals surface area contributed by atoms with Crippen LogP contribution < -0.4 is 5.32 Å². The van der Waals surface area contributed by atoms with E-state index in [-0.39, 0.29) is 16.6 Å². The summed E-state index contributed by atoms with van der Waals surface area (Å²) in [5.74, 6) is 0.0648. The number of morpholine rings is 1. The highest BCUT2D eigenvalue weighted by Gasteiger charge is 2.29. The average molecular weight is 355 g/mol. The molecule has 1 aliphatic heterocycles. The van der Waals surface area contributed by atoms with Crippen molar-refractivity contribution in [3.63, 3.8) is 0 Å². The van der Waals surface area contributed by atoms with Gasteiger partial charge in [0.1, 0.15) is 5.82 Å². The summed E-state index contributed by atoms with van der Waals surface area (Å²) in [4.78, 5) is 16.6. The lowest BCUT2D eigenvalue weighted by atomic mass is 9.89. The summed E-state index contributed by atoms with van der Waals surface area (Å²) in [5, 5.41) is 2.72. The summed E-state index contributed by atoms with van der Waals surface area (Å²) in [6, 6.07) is 1.43. The Balaban J connectivity index is 2.30. The number of aromatic nitrogens is 1. The van der Waals surface area contributed by atoms with Crippen LogP contribution in [0.25, 0.3) is 0 Å². The van der Waals surface area contributed by atoms with Crippen molar-refractivity contribution in [2.24, 2.45) is 5.41 Å². The minimum absolute atomic E-state index is 0.170. The van der Waals surface area contributed by atoms with Crippen molar-refractivity contribution in [2.45, 2.75) is 39.0 Å². The smallest absolute Gasteiger partial charge is 0.243 e. The number of carbonyl (C=O) groups excluding carboxylic acids is 1. The van der Waals surface area contributed by atoms with Crippen LogP contribution in [0.2, 0.25) is 0 Å². The summed E-state index contributed by atoms with van der Waals surface area (Å²) in [6.45, 7) is 8.72. The quantitative estimate of drug-likeness (QED) is 0.870. The van der Waals surface area contributed by atoms with Gasteiger partial charge in [-0.25, -0.2) is 13.4 Å². The van der Waals surface area contributed by atoms with Crippen LogP contribution in [0.1, 0.15) is 32.8 Å². The van der Waals surface area contributed by atoms with Crippen molar-refractivity contribution in [3.05, 3.63) is 17.8 Å². The number of anilines is 1. The zero-order valence-electron chi connectivity index (χ0n) is 14.6. The van der Waals surface area contributed by atoms with E-state index in [1.807, 2.05) is 20.8 Å². The first-order valence-electron chi connectivity index (χ1n) is 8.04. The molecule has 24 heavy (non-hydrogen) atoms. The highest BCUT2D eigenvalue weighted by atomic mass is 32.2. The van der Waals surface area contributed by atoms with Gasteiger partial charge in [0.2, 0.25) is 15.9 Å². The monoisotopic (exact) mass is 355 g/mol. The number of pyridine rings is 1. The van der Waals surface area contributed by atoms with Crippen LogP contribution in [0.3, 0.4) is 0 Å².